The minimum absolute atomic E-state index is 0.377. The second-order valence-corrected chi connectivity index (χ2v) is 5.17. The van der Waals surface area contributed by atoms with Crippen LogP contribution in [0.25, 0.3) is 0 Å². The minimum atomic E-state index is 0.377. The molecule has 1 N–H and O–H groups in total. The van der Waals surface area contributed by atoms with E-state index in [1.807, 2.05) is 18.2 Å². The van der Waals surface area contributed by atoms with E-state index in [2.05, 4.69) is 18.2 Å². The molecular formula is C17H18O2. The SMILES string of the molecule is COc1ccc(C2CCc3cc(O)ccc3C2)cc1. The Balaban J connectivity index is 1.82. The monoisotopic (exact) mass is 254 g/mol. The van der Waals surface area contributed by atoms with Crippen LogP contribution in [0.5, 0.6) is 11.5 Å². The number of methoxy groups -OCH3 is 1. The Morgan fingerprint density at radius 1 is 1.05 bits per heavy atom. The van der Waals surface area contributed by atoms with Crippen molar-refractivity contribution in [2.45, 2.75) is 25.2 Å². The van der Waals surface area contributed by atoms with Crippen LogP contribution in [-0.4, -0.2) is 12.2 Å². The average Bonchev–Trinajstić information content (AvgIpc) is 2.47. The van der Waals surface area contributed by atoms with Crippen LogP contribution in [0, 0.1) is 0 Å². The van der Waals surface area contributed by atoms with Crippen LogP contribution in [-0.2, 0) is 12.8 Å². The van der Waals surface area contributed by atoms with Crippen LogP contribution >= 0.6 is 0 Å². The summed E-state index contributed by atoms with van der Waals surface area (Å²) in [7, 11) is 1.69. The molecule has 2 nitrogen and oxygen atoms in total. The third kappa shape index (κ3) is 2.43. The van der Waals surface area contributed by atoms with Crippen molar-refractivity contribution in [2.24, 2.45) is 0 Å². The molecule has 0 heterocycles. The fourth-order valence-corrected chi connectivity index (χ4v) is 2.90. The van der Waals surface area contributed by atoms with Crippen LogP contribution in [0.15, 0.2) is 42.5 Å². The first-order chi connectivity index (χ1) is 9.26. The fourth-order valence-electron chi connectivity index (χ4n) is 2.90. The van der Waals surface area contributed by atoms with Gasteiger partial charge in [-0.1, -0.05) is 18.2 Å². The maximum atomic E-state index is 9.51. The zero-order valence-corrected chi connectivity index (χ0v) is 11.1. The van der Waals surface area contributed by atoms with Crippen molar-refractivity contribution in [3.63, 3.8) is 0 Å². The Hall–Kier alpha value is -1.96. The van der Waals surface area contributed by atoms with Gasteiger partial charge in [-0.05, 0) is 66.1 Å². The predicted molar refractivity (Wildman–Crippen MR) is 75.9 cm³/mol. The molecule has 0 saturated heterocycles. The standard InChI is InChI=1S/C17H18O2/c1-19-17-8-5-12(6-9-17)13-2-3-15-11-16(18)7-4-14(15)10-13/h4-9,11,13,18H,2-3,10H2,1H3. The molecule has 2 aromatic rings. The van der Waals surface area contributed by atoms with E-state index in [0.717, 1.165) is 25.0 Å². The molecule has 1 aliphatic rings. The maximum Gasteiger partial charge on any atom is 0.118 e. The van der Waals surface area contributed by atoms with Crippen molar-refractivity contribution < 1.29 is 9.84 Å². The van der Waals surface area contributed by atoms with Crippen molar-refractivity contribution in [3.05, 3.63) is 59.2 Å². The summed E-state index contributed by atoms with van der Waals surface area (Å²) in [5.41, 5.74) is 4.04. The zero-order chi connectivity index (χ0) is 13.2. The highest BCUT2D eigenvalue weighted by atomic mass is 16.5. The highest BCUT2D eigenvalue weighted by Crippen LogP contribution is 2.34. The summed E-state index contributed by atoms with van der Waals surface area (Å²) >= 11 is 0. The molecule has 0 bridgehead atoms. The highest BCUT2D eigenvalue weighted by Gasteiger charge is 2.20. The number of phenols is 1. The molecule has 1 unspecified atom stereocenters. The fraction of sp³-hybridized carbons (Fsp3) is 0.294. The molecule has 0 spiro atoms. The summed E-state index contributed by atoms with van der Waals surface area (Å²) in [6, 6.07) is 14.1. The lowest BCUT2D eigenvalue weighted by Gasteiger charge is -2.25. The average molecular weight is 254 g/mol. The molecule has 1 atom stereocenters. The predicted octanol–water partition coefficient (Wildman–Crippen LogP) is 3.67. The van der Waals surface area contributed by atoms with Crippen molar-refractivity contribution in [1.82, 2.24) is 0 Å². The third-order valence-corrected chi connectivity index (χ3v) is 4.01. The highest BCUT2D eigenvalue weighted by molar-refractivity contribution is 5.39. The van der Waals surface area contributed by atoms with E-state index < -0.39 is 0 Å². The van der Waals surface area contributed by atoms with E-state index >= 15 is 0 Å². The molecule has 0 radical (unpaired) electrons. The molecule has 1 aliphatic carbocycles. The van der Waals surface area contributed by atoms with E-state index in [-0.39, 0.29) is 0 Å². The number of phenolic OH excluding ortho intramolecular Hbond substituents is 1. The number of fused-ring (bicyclic) bond motifs is 1. The van der Waals surface area contributed by atoms with Gasteiger partial charge in [-0.15, -0.1) is 0 Å². The van der Waals surface area contributed by atoms with Crippen LogP contribution in [0.3, 0.4) is 0 Å². The van der Waals surface area contributed by atoms with Gasteiger partial charge in [0, 0.05) is 0 Å². The Labute approximate surface area is 113 Å². The molecule has 19 heavy (non-hydrogen) atoms. The molecule has 98 valence electrons. The largest absolute Gasteiger partial charge is 0.508 e. The van der Waals surface area contributed by atoms with Crippen molar-refractivity contribution >= 4 is 0 Å². The summed E-state index contributed by atoms with van der Waals surface area (Å²) in [6.07, 6.45) is 3.24. The van der Waals surface area contributed by atoms with E-state index in [1.54, 1.807) is 13.2 Å². The van der Waals surface area contributed by atoms with E-state index in [1.165, 1.54) is 16.7 Å². The van der Waals surface area contributed by atoms with Crippen LogP contribution in [0.2, 0.25) is 0 Å². The van der Waals surface area contributed by atoms with Crippen molar-refractivity contribution in [2.75, 3.05) is 7.11 Å². The Kier molecular flexibility index (Phi) is 3.16. The third-order valence-electron chi connectivity index (χ3n) is 4.01. The molecule has 2 heteroatoms. The topological polar surface area (TPSA) is 29.5 Å². The van der Waals surface area contributed by atoms with Crippen molar-refractivity contribution in [3.8, 4) is 11.5 Å². The number of hydrogen-bond donors (Lipinski definition) is 1. The molecule has 0 fully saturated rings. The quantitative estimate of drug-likeness (QED) is 0.886. The van der Waals surface area contributed by atoms with Gasteiger partial charge in [0.15, 0.2) is 0 Å². The van der Waals surface area contributed by atoms with Crippen LogP contribution in [0.1, 0.15) is 29.0 Å². The molecule has 0 amide bonds. The van der Waals surface area contributed by atoms with Gasteiger partial charge in [0.2, 0.25) is 0 Å². The first-order valence-corrected chi connectivity index (χ1v) is 6.71. The number of ether oxygens (including phenoxy) is 1. The Morgan fingerprint density at radius 3 is 2.58 bits per heavy atom. The molecule has 0 saturated carbocycles. The molecule has 0 aliphatic heterocycles. The van der Waals surface area contributed by atoms with E-state index in [0.29, 0.717) is 11.7 Å². The van der Waals surface area contributed by atoms with Gasteiger partial charge in [-0.25, -0.2) is 0 Å². The number of rotatable bonds is 2. The smallest absolute Gasteiger partial charge is 0.118 e. The van der Waals surface area contributed by atoms with Gasteiger partial charge < -0.3 is 9.84 Å². The van der Waals surface area contributed by atoms with Gasteiger partial charge >= 0.3 is 0 Å². The first-order valence-electron chi connectivity index (χ1n) is 6.71. The normalized spacial score (nSPS) is 17.8. The van der Waals surface area contributed by atoms with E-state index in [4.69, 9.17) is 4.74 Å². The van der Waals surface area contributed by atoms with Gasteiger partial charge in [-0.3, -0.25) is 0 Å². The van der Waals surface area contributed by atoms with Crippen molar-refractivity contribution in [1.29, 1.82) is 0 Å². The van der Waals surface area contributed by atoms with Crippen LogP contribution < -0.4 is 4.74 Å². The molecular weight excluding hydrogens is 236 g/mol. The van der Waals surface area contributed by atoms with E-state index in [9.17, 15) is 5.11 Å². The van der Waals surface area contributed by atoms with Gasteiger partial charge in [0.25, 0.3) is 0 Å². The number of aryl methyl sites for hydroxylation is 1. The lowest BCUT2D eigenvalue weighted by atomic mass is 9.80. The van der Waals surface area contributed by atoms with Gasteiger partial charge in [0.05, 0.1) is 7.11 Å². The Bertz CT molecular complexity index is 572. The second-order valence-electron chi connectivity index (χ2n) is 5.17. The zero-order valence-electron chi connectivity index (χ0n) is 11.1. The lowest BCUT2D eigenvalue weighted by Crippen LogP contribution is -2.12. The van der Waals surface area contributed by atoms with Gasteiger partial charge in [-0.2, -0.15) is 0 Å². The molecule has 3 rings (SSSR count). The first kappa shape index (κ1) is 12.1. The summed E-state index contributed by atoms with van der Waals surface area (Å²) in [5.74, 6) is 1.86. The van der Waals surface area contributed by atoms with Crippen LogP contribution in [0.4, 0.5) is 0 Å². The Morgan fingerprint density at radius 2 is 1.84 bits per heavy atom. The lowest BCUT2D eigenvalue weighted by molar-refractivity contribution is 0.414. The summed E-state index contributed by atoms with van der Waals surface area (Å²) in [6.45, 7) is 0. The second kappa shape index (κ2) is 4.96. The summed E-state index contributed by atoms with van der Waals surface area (Å²) in [4.78, 5) is 0. The van der Waals surface area contributed by atoms with Gasteiger partial charge in [0.1, 0.15) is 11.5 Å². The minimum Gasteiger partial charge on any atom is -0.508 e. The molecule has 2 aromatic carbocycles. The maximum absolute atomic E-state index is 9.51. The summed E-state index contributed by atoms with van der Waals surface area (Å²) < 4.78 is 5.20. The summed E-state index contributed by atoms with van der Waals surface area (Å²) in [5, 5.41) is 9.51. The number of aromatic hydroxyl groups is 1. The number of benzene rings is 2. The number of hydrogen-bond acceptors (Lipinski definition) is 2. The molecule has 0 aromatic heterocycles.